The van der Waals surface area contributed by atoms with Crippen molar-refractivity contribution in [1.82, 2.24) is 15.2 Å². The number of nitrogens with zero attached hydrogens (tertiary/aromatic N) is 4. The van der Waals surface area contributed by atoms with Crippen LogP contribution in [0.3, 0.4) is 0 Å². The van der Waals surface area contributed by atoms with Crippen molar-refractivity contribution in [3.63, 3.8) is 0 Å². The number of pyridine rings is 1. The van der Waals surface area contributed by atoms with Crippen molar-refractivity contribution < 1.29 is 19.1 Å². The minimum Gasteiger partial charge on any atom is -0.503 e. The Morgan fingerprint density at radius 2 is 1.91 bits per heavy atom. The van der Waals surface area contributed by atoms with Gasteiger partial charge in [0.1, 0.15) is 5.82 Å². The molecule has 1 aliphatic rings. The van der Waals surface area contributed by atoms with Gasteiger partial charge in [0.05, 0.1) is 16.5 Å². The van der Waals surface area contributed by atoms with Crippen LogP contribution in [-0.4, -0.2) is 32.0 Å². The van der Waals surface area contributed by atoms with E-state index in [1.165, 1.54) is 34.1 Å². The molecule has 4 heterocycles. The maximum absolute atomic E-state index is 13.9. The van der Waals surface area contributed by atoms with E-state index in [-0.39, 0.29) is 16.5 Å². The second-order valence-corrected chi connectivity index (χ2v) is 10.3. The van der Waals surface area contributed by atoms with E-state index >= 15 is 0 Å². The number of aliphatic hydroxyl groups excluding tert-OH is 1. The number of carbonyl (C=O) groups excluding carboxylic acids is 2. The summed E-state index contributed by atoms with van der Waals surface area (Å²) < 4.78 is 14.5. The summed E-state index contributed by atoms with van der Waals surface area (Å²) in [5.74, 6) is -1.74. The van der Waals surface area contributed by atoms with Gasteiger partial charge in [0, 0.05) is 18.1 Å². The number of amides is 1. The van der Waals surface area contributed by atoms with Crippen molar-refractivity contribution >= 4 is 51.3 Å². The number of carbonyl (C=O) groups is 2. The Morgan fingerprint density at radius 1 is 1.12 bits per heavy atom. The quantitative estimate of drug-likeness (QED) is 0.207. The van der Waals surface area contributed by atoms with Gasteiger partial charge in [-0.3, -0.25) is 19.5 Å². The minimum absolute atomic E-state index is 0.0191. The van der Waals surface area contributed by atoms with Gasteiger partial charge in [0.2, 0.25) is 10.9 Å². The summed E-state index contributed by atoms with van der Waals surface area (Å²) in [6.45, 7) is 0. The SMILES string of the molecule is O=C(C1=C(O)C(=O)N(c2nnc(SCc3ccccc3F)s2)C1c1ccncc1)c1cccs1. The van der Waals surface area contributed by atoms with E-state index in [0.29, 0.717) is 26.1 Å². The third-order valence-electron chi connectivity index (χ3n) is 5.13. The van der Waals surface area contributed by atoms with E-state index in [9.17, 15) is 19.1 Å². The van der Waals surface area contributed by atoms with E-state index in [2.05, 4.69) is 15.2 Å². The van der Waals surface area contributed by atoms with Crippen LogP contribution in [0.2, 0.25) is 0 Å². The predicted octanol–water partition coefficient (Wildman–Crippen LogP) is 5.21. The molecule has 1 N–H and O–H groups in total. The van der Waals surface area contributed by atoms with Crippen LogP contribution < -0.4 is 4.90 Å². The molecule has 0 spiro atoms. The van der Waals surface area contributed by atoms with Crippen LogP contribution in [0.5, 0.6) is 0 Å². The average Bonchev–Trinajstić information content (AvgIpc) is 3.60. The van der Waals surface area contributed by atoms with Crippen LogP contribution in [0.4, 0.5) is 9.52 Å². The van der Waals surface area contributed by atoms with Crippen LogP contribution in [0.1, 0.15) is 26.8 Å². The van der Waals surface area contributed by atoms with Crippen molar-refractivity contribution in [2.24, 2.45) is 0 Å². The standard InChI is InChI=1S/C23H15FN4O3S3/c24-15-5-2-1-4-14(15)12-33-23-27-26-22(34-23)28-18(13-7-9-25-10-8-13)17(20(30)21(28)31)19(29)16-6-3-11-32-16/h1-11,18,30H,12H2. The zero-order valence-corrected chi connectivity index (χ0v) is 19.7. The van der Waals surface area contributed by atoms with Crippen LogP contribution in [0.25, 0.3) is 0 Å². The highest BCUT2D eigenvalue weighted by atomic mass is 32.2. The number of thiophene rings is 1. The first kappa shape index (κ1) is 22.4. The molecule has 0 saturated heterocycles. The summed E-state index contributed by atoms with van der Waals surface area (Å²) in [5.41, 5.74) is 1.11. The molecule has 0 radical (unpaired) electrons. The molecule has 0 bridgehead atoms. The Labute approximate surface area is 205 Å². The first-order valence-electron chi connectivity index (χ1n) is 9.99. The molecule has 0 fully saturated rings. The number of aromatic nitrogens is 3. The molecule has 5 rings (SSSR count). The van der Waals surface area contributed by atoms with Gasteiger partial charge in [0.25, 0.3) is 5.91 Å². The maximum Gasteiger partial charge on any atom is 0.296 e. The van der Waals surface area contributed by atoms with Crippen LogP contribution >= 0.6 is 34.4 Å². The molecule has 11 heteroatoms. The normalized spacial score (nSPS) is 15.9. The largest absolute Gasteiger partial charge is 0.503 e. The zero-order valence-electron chi connectivity index (χ0n) is 17.3. The average molecular weight is 511 g/mol. The number of hydrogen-bond acceptors (Lipinski definition) is 9. The molecule has 3 aromatic heterocycles. The number of Topliss-reactive ketones (excluding diaryl/α,β-unsaturated/α-hetero) is 1. The van der Waals surface area contributed by atoms with Gasteiger partial charge in [-0.25, -0.2) is 4.39 Å². The van der Waals surface area contributed by atoms with Crippen molar-refractivity contribution in [2.75, 3.05) is 4.90 Å². The Kier molecular flexibility index (Phi) is 6.22. The fraction of sp³-hybridized carbons (Fsp3) is 0.0870. The number of aliphatic hydroxyl groups is 1. The summed E-state index contributed by atoms with van der Waals surface area (Å²) in [7, 11) is 0. The molecule has 1 amide bonds. The zero-order chi connectivity index (χ0) is 23.7. The van der Waals surface area contributed by atoms with Crippen molar-refractivity contribution in [3.8, 4) is 0 Å². The lowest BCUT2D eigenvalue weighted by Crippen LogP contribution is -2.31. The van der Waals surface area contributed by atoms with Crippen molar-refractivity contribution in [3.05, 3.63) is 99.5 Å². The highest BCUT2D eigenvalue weighted by molar-refractivity contribution is 8.00. The van der Waals surface area contributed by atoms with Crippen LogP contribution in [0.15, 0.2) is 82.0 Å². The van der Waals surface area contributed by atoms with Gasteiger partial charge in [0.15, 0.2) is 10.1 Å². The van der Waals surface area contributed by atoms with Crippen molar-refractivity contribution in [1.29, 1.82) is 0 Å². The van der Waals surface area contributed by atoms with Gasteiger partial charge < -0.3 is 5.11 Å². The predicted molar refractivity (Wildman–Crippen MR) is 129 cm³/mol. The van der Waals surface area contributed by atoms with Gasteiger partial charge >= 0.3 is 0 Å². The second kappa shape index (κ2) is 9.45. The Bertz CT molecular complexity index is 1390. The number of rotatable bonds is 7. The molecular weight excluding hydrogens is 495 g/mol. The third-order valence-corrected chi connectivity index (χ3v) is 8.10. The van der Waals surface area contributed by atoms with Gasteiger partial charge in [-0.05, 0) is 40.8 Å². The molecule has 1 aliphatic heterocycles. The Balaban J connectivity index is 1.48. The summed E-state index contributed by atoms with van der Waals surface area (Å²) in [5, 5.41) is 21.0. The van der Waals surface area contributed by atoms with E-state index in [0.717, 1.165) is 11.3 Å². The van der Waals surface area contributed by atoms with Crippen molar-refractivity contribution in [2.45, 2.75) is 16.1 Å². The molecule has 4 aromatic rings. The maximum atomic E-state index is 13.9. The molecule has 7 nitrogen and oxygen atoms in total. The number of halogens is 1. The highest BCUT2D eigenvalue weighted by Gasteiger charge is 2.46. The second-order valence-electron chi connectivity index (χ2n) is 7.16. The number of benzene rings is 1. The fourth-order valence-corrected chi connectivity index (χ4v) is 6.08. The monoisotopic (exact) mass is 510 g/mol. The topological polar surface area (TPSA) is 96.3 Å². The van der Waals surface area contributed by atoms with Gasteiger partial charge in [-0.2, -0.15) is 0 Å². The number of hydrogen-bond donors (Lipinski definition) is 1. The lowest BCUT2D eigenvalue weighted by molar-refractivity contribution is -0.117. The van der Waals surface area contributed by atoms with Gasteiger partial charge in [-0.1, -0.05) is 47.4 Å². The number of thioether (sulfide) groups is 1. The Hall–Kier alpha value is -3.41. The molecule has 1 atom stereocenters. The lowest BCUT2D eigenvalue weighted by Gasteiger charge is -2.23. The summed E-state index contributed by atoms with van der Waals surface area (Å²) in [4.78, 5) is 32.1. The van der Waals surface area contributed by atoms with E-state index in [1.807, 2.05) is 0 Å². The number of anilines is 1. The summed E-state index contributed by atoms with van der Waals surface area (Å²) in [6, 6.07) is 12.3. The molecule has 34 heavy (non-hydrogen) atoms. The summed E-state index contributed by atoms with van der Waals surface area (Å²) in [6.07, 6.45) is 3.10. The number of ketones is 1. The smallest absolute Gasteiger partial charge is 0.296 e. The molecule has 1 unspecified atom stereocenters. The molecule has 0 saturated carbocycles. The van der Waals surface area contributed by atoms with E-state index in [4.69, 9.17) is 0 Å². The van der Waals surface area contributed by atoms with Gasteiger partial charge in [-0.15, -0.1) is 21.5 Å². The van der Waals surface area contributed by atoms with Crippen LogP contribution in [-0.2, 0) is 10.5 Å². The van der Waals surface area contributed by atoms with E-state index in [1.54, 1.807) is 60.2 Å². The Morgan fingerprint density at radius 3 is 2.65 bits per heavy atom. The van der Waals surface area contributed by atoms with Crippen LogP contribution in [0, 0.1) is 5.82 Å². The molecule has 1 aromatic carbocycles. The molecule has 0 aliphatic carbocycles. The third kappa shape index (κ3) is 4.13. The summed E-state index contributed by atoms with van der Waals surface area (Å²) >= 11 is 3.65. The minimum atomic E-state index is -0.887. The fourth-order valence-electron chi connectivity index (χ4n) is 3.55. The highest BCUT2D eigenvalue weighted by Crippen LogP contribution is 2.44. The first-order chi connectivity index (χ1) is 16.5. The molecular formula is C23H15FN4O3S3. The first-order valence-corrected chi connectivity index (χ1v) is 12.7. The van der Waals surface area contributed by atoms with E-state index < -0.39 is 23.5 Å². The molecule has 170 valence electrons. The lowest BCUT2D eigenvalue weighted by atomic mass is 9.96.